The van der Waals surface area contributed by atoms with E-state index in [9.17, 15) is 4.79 Å². The Balaban J connectivity index is 2.31. The number of carboxylic acids is 1. The number of rotatable bonds is 3. The molecule has 14 heavy (non-hydrogen) atoms. The van der Waals surface area contributed by atoms with Gasteiger partial charge in [0.1, 0.15) is 6.04 Å². The van der Waals surface area contributed by atoms with Gasteiger partial charge in [0.2, 0.25) is 0 Å². The largest absolute Gasteiger partial charge is 0.480 e. The second kappa shape index (κ2) is 5.66. The van der Waals surface area contributed by atoms with Crippen LogP contribution in [0.15, 0.2) is 0 Å². The van der Waals surface area contributed by atoms with Crippen LogP contribution in [-0.4, -0.2) is 23.2 Å². The maximum atomic E-state index is 10.7. The molecule has 0 saturated carbocycles. The Labute approximate surface area is 84.9 Å². The Hall–Kier alpha value is -1.01. The summed E-state index contributed by atoms with van der Waals surface area (Å²) in [5.74, 6) is 5.12. The average molecular weight is 195 g/mol. The molecule has 0 aromatic rings. The molecule has 1 heterocycles. The maximum Gasteiger partial charge on any atom is 0.320 e. The smallest absolute Gasteiger partial charge is 0.320 e. The van der Waals surface area contributed by atoms with Crippen LogP contribution in [0.1, 0.15) is 39.0 Å². The van der Waals surface area contributed by atoms with Crippen molar-refractivity contribution >= 4 is 5.97 Å². The van der Waals surface area contributed by atoms with Crippen LogP contribution < -0.4 is 5.32 Å². The van der Waals surface area contributed by atoms with Crippen molar-refractivity contribution in [2.75, 3.05) is 0 Å². The Morgan fingerprint density at radius 1 is 1.57 bits per heavy atom. The van der Waals surface area contributed by atoms with Gasteiger partial charge in [0.05, 0.1) is 0 Å². The summed E-state index contributed by atoms with van der Waals surface area (Å²) in [5, 5.41) is 12.0. The first-order chi connectivity index (χ1) is 6.74. The highest BCUT2D eigenvalue weighted by Crippen LogP contribution is 2.16. The van der Waals surface area contributed by atoms with Crippen molar-refractivity contribution in [2.24, 2.45) is 0 Å². The van der Waals surface area contributed by atoms with Crippen molar-refractivity contribution < 1.29 is 9.90 Å². The van der Waals surface area contributed by atoms with Crippen LogP contribution >= 0.6 is 0 Å². The van der Waals surface area contributed by atoms with Crippen LogP contribution in [0.2, 0.25) is 0 Å². The second-order valence-electron chi connectivity index (χ2n) is 3.65. The van der Waals surface area contributed by atoms with Gasteiger partial charge in [-0.1, -0.05) is 0 Å². The van der Waals surface area contributed by atoms with Crippen LogP contribution in [0.25, 0.3) is 0 Å². The third-order valence-corrected chi connectivity index (χ3v) is 2.57. The third-order valence-electron chi connectivity index (χ3n) is 2.57. The molecule has 0 radical (unpaired) electrons. The van der Waals surface area contributed by atoms with Crippen LogP contribution in [0, 0.1) is 11.8 Å². The van der Waals surface area contributed by atoms with Gasteiger partial charge in [-0.15, -0.1) is 11.8 Å². The van der Waals surface area contributed by atoms with Gasteiger partial charge in [0, 0.05) is 12.5 Å². The van der Waals surface area contributed by atoms with E-state index < -0.39 is 5.97 Å². The summed E-state index contributed by atoms with van der Waals surface area (Å²) in [7, 11) is 0. The number of hydrogen-bond acceptors (Lipinski definition) is 2. The lowest BCUT2D eigenvalue weighted by Crippen LogP contribution is -2.46. The molecule has 2 N–H and O–H groups in total. The zero-order valence-electron chi connectivity index (χ0n) is 8.55. The van der Waals surface area contributed by atoms with Crippen molar-refractivity contribution in [3.8, 4) is 11.8 Å². The number of piperidine rings is 1. The predicted molar refractivity (Wildman–Crippen MR) is 54.9 cm³/mol. The van der Waals surface area contributed by atoms with E-state index >= 15 is 0 Å². The van der Waals surface area contributed by atoms with Crippen molar-refractivity contribution in [1.29, 1.82) is 0 Å². The maximum absolute atomic E-state index is 10.7. The molecule has 0 aromatic heterocycles. The molecule has 0 aliphatic carbocycles. The fourth-order valence-corrected chi connectivity index (χ4v) is 1.81. The lowest BCUT2D eigenvalue weighted by Gasteiger charge is -2.28. The van der Waals surface area contributed by atoms with Crippen molar-refractivity contribution in [1.82, 2.24) is 5.32 Å². The van der Waals surface area contributed by atoms with Crippen molar-refractivity contribution in [2.45, 2.75) is 51.1 Å². The van der Waals surface area contributed by atoms with Gasteiger partial charge in [0.15, 0.2) is 0 Å². The number of aliphatic carboxylic acids is 1. The molecule has 1 aliphatic heterocycles. The first-order valence-corrected chi connectivity index (χ1v) is 5.12. The number of carbonyl (C=O) groups is 1. The summed E-state index contributed by atoms with van der Waals surface area (Å²) in [6.07, 6.45) is 4.67. The van der Waals surface area contributed by atoms with Crippen LogP contribution in [0.4, 0.5) is 0 Å². The minimum absolute atomic E-state index is 0.339. The van der Waals surface area contributed by atoms with E-state index in [1.807, 2.05) is 6.92 Å². The van der Waals surface area contributed by atoms with Crippen molar-refractivity contribution in [3.63, 3.8) is 0 Å². The zero-order valence-corrected chi connectivity index (χ0v) is 8.55. The average Bonchev–Trinajstić information content (AvgIpc) is 2.19. The molecular weight excluding hydrogens is 178 g/mol. The SMILES string of the molecule is CC#CCCC1CCCC(C(=O)O)N1. The minimum Gasteiger partial charge on any atom is -0.480 e. The molecular formula is C11H17NO2. The van der Waals surface area contributed by atoms with Gasteiger partial charge in [-0.2, -0.15) is 0 Å². The van der Waals surface area contributed by atoms with Crippen LogP contribution in [-0.2, 0) is 4.79 Å². The highest BCUT2D eigenvalue weighted by atomic mass is 16.4. The lowest BCUT2D eigenvalue weighted by molar-refractivity contribution is -0.140. The highest BCUT2D eigenvalue weighted by molar-refractivity contribution is 5.73. The zero-order chi connectivity index (χ0) is 10.4. The molecule has 2 atom stereocenters. The molecule has 3 heteroatoms. The normalized spacial score (nSPS) is 26.4. The molecule has 1 aliphatic rings. The van der Waals surface area contributed by atoms with E-state index in [0.717, 1.165) is 32.1 Å². The molecule has 2 unspecified atom stereocenters. The molecule has 0 bridgehead atoms. The number of carboxylic acid groups (broad SMARTS) is 1. The van der Waals surface area contributed by atoms with Gasteiger partial charge < -0.3 is 10.4 Å². The summed E-state index contributed by atoms with van der Waals surface area (Å²) in [6.45, 7) is 1.83. The first-order valence-electron chi connectivity index (χ1n) is 5.12. The minimum atomic E-state index is -0.726. The Morgan fingerprint density at radius 2 is 2.36 bits per heavy atom. The van der Waals surface area contributed by atoms with Crippen molar-refractivity contribution in [3.05, 3.63) is 0 Å². The van der Waals surface area contributed by atoms with Gasteiger partial charge in [-0.25, -0.2) is 0 Å². The predicted octanol–water partition coefficient (Wildman–Crippen LogP) is 1.39. The van der Waals surface area contributed by atoms with E-state index in [4.69, 9.17) is 5.11 Å². The van der Waals surface area contributed by atoms with Gasteiger partial charge >= 0.3 is 5.97 Å². The molecule has 0 spiro atoms. The first kappa shape index (κ1) is 11.1. The van der Waals surface area contributed by atoms with E-state index in [-0.39, 0.29) is 6.04 Å². The summed E-state index contributed by atoms with van der Waals surface area (Å²) in [4.78, 5) is 10.7. The van der Waals surface area contributed by atoms with Crippen LogP contribution in [0.3, 0.4) is 0 Å². The van der Waals surface area contributed by atoms with Gasteiger partial charge in [-0.05, 0) is 32.6 Å². The van der Waals surface area contributed by atoms with E-state index in [2.05, 4.69) is 17.2 Å². The topological polar surface area (TPSA) is 49.3 Å². The van der Waals surface area contributed by atoms with Crippen LogP contribution in [0.5, 0.6) is 0 Å². The van der Waals surface area contributed by atoms with Gasteiger partial charge in [0.25, 0.3) is 0 Å². The Morgan fingerprint density at radius 3 is 3.00 bits per heavy atom. The summed E-state index contributed by atoms with van der Waals surface area (Å²) >= 11 is 0. The Bertz CT molecular complexity index is 252. The molecule has 0 amide bonds. The monoisotopic (exact) mass is 195 g/mol. The highest BCUT2D eigenvalue weighted by Gasteiger charge is 2.25. The number of nitrogens with one attached hydrogen (secondary N) is 1. The molecule has 1 saturated heterocycles. The molecule has 3 nitrogen and oxygen atoms in total. The fraction of sp³-hybridized carbons (Fsp3) is 0.727. The lowest BCUT2D eigenvalue weighted by atomic mass is 9.96. The van der Waals surface area contributed by atoms with E-state index in [1.165, 1.54) is 0 Å². The standard InChI is InChI=1S/C11H17NO2/c1-2-3-4-6-9-7-5-8-10(12-9)11(13)14/h9-10,12H,4-8H2,1H3,(H,13,14). The summed E-state index contributed by atoms with van der Waals surface area (Å²) < 4.78 is 0. The fourth-order valence-electron chi connectivity index (χ4n) is 1.81. The molecule has 0 aromatic carbocycles. The van der Waals surface area contributed by atoms with E-state index in [1.54, 1.807) is 0 Å². The molecule has 78 valence electrons. The Kier molecular flexibility index (Phi) is 4.48. The molecule has 1 rings (SSSR count). The quantitative estimate of drug-likeness (QED) is 0.669. The summed E-state index contributed by atoms with van der Waals surface area (Å²) in [6, 6.07) is -0.00552. The third kappa shape index (κ3) is 3.39. The van der Waals surface area contributed by atoms with E-state index in [0.29, 0.717) is 6.04 Å². The van der Waals surface area contributed by atoms with Gasteiger partial charge in [-0.3, -0.25) is 4.79 Å². The number of hydrogen-bond donors (Lipinski definition) is 2. The second-order valence-corrected chi connectivity index (χ2v) is 3.65. The molecule has 1 fully saturated rings. The summed E-state index contributed by atoms with van der Waals surface area (Å²) in [5.41, 5.74) is 0.